The number of carbonyl (C=O) groups excluding carboxylic acids is 1. The van der Waals surface area contributed by atoms with E-state index in [2.05, 4.69) is 15.5 Å². The molecule has 0 spiro atoms. The Balaban J connectivity index is 1.94. The number of hydrogen-bond donors (Lipinski definition) is 2. The number of carbonyl (C=O) groups is 1. The Morgan fingerprint density at radius 1 is 1.48 bits per heavy atom. The SMILES string of the molecule is CCC(CO)NC(=O)CCc1nc(-c2ccc(F)c(C)c2)no1. The van der Waals surface area contributed by atoms with Gasteiger partial charge in [0.05, 0.1) is 12.6 Å². The van der Waals surface area contributed by atoms with Crippen LogP contribution in [0, 0.1) is 12.7 Å². The maximum absolute atomic E-state index is 13.3. The molecule has 2 N–H and O–H groups in total. The molecule has 1 unspecified atom stereocenters. The molecule has 0 fully saturated rings. The zero-order chi connectivity index (χ0) is 16.8. The fraction of sp³-hybridized carbons (Fsp3) is 0.438. The second-order valence-electron chi connectivity index (χ2n) is 5.33. The minimum atomic E-state index is -0.288. The molecule has 0 bridgehead atoms. The van der Waals surface area contributed by atoms with Crippen molar-refractivity contribution in [2.24, 2.45) is 0 Å². The van der Waals surface area contributed by atoms with E-state index in [1.807, 2.05) is 6.92 Å². The zero-order valence-electron chi connectivity index (χ0n) is 13.2. The number of amides is 1. The van der Waals surface area contributed by atoms with Crippen molar-refractivity contribution < 1.29 is 18.8 Å². The van der Waals surface area contributed by atoms with Crippen LogP contribution in [0.5, 0.6) is 0 Å². The lowest BCUT2D eigenvalue weighted by molar-refractivity contribution is -0.122. The van der Waals surface area contributed by atoms with Crippen LogP contribution in [-0.4, -0.2) is 33.8 Å². The van der Waals surface area contributed by atoms with Crippen LogP contribution in [0.25, 0.3) is 11.4 Å². The van der Waals surface area contributed by atoms with Gasteiger partial charge in [0.15, 0.2) is 0 Å². The van der Waals surface area contributed by atoms with Crippen molar-refractivity contribution in [3.05, 3.63) is 35.5 Å². The third-order valence-corrected chi connectivity index (χ3v) is 3.53. The molecule has 1 heterocycles. The summed E-state index contributed by atoms with van der Waals surface area (Å²) in [5.41, 5.74) is 1.16. The Morgan fingerprint density at radius 2 is 2.26 bits per heavy atom. The lowest BCUT2D eigenvalue weighted by atomic mass is 10.1. The molecular formula is C16H20FN3O3. The van der Waals surface area contributed by atoms with Gasteiger partial charge in [-0.2, -0.15) is 4.98 Å². The van der Waals surface area contributed by atoms with E-state index in [-0.39, 0.29) is 30.8 Å². The molecule has 23 heavy (non-hydrogen) atoms. The number of aromatic nitrogens is 2. The average molecular weight is 321 g/mol. The summed E-state index contributed by atoms with van der Waals surface area (Å²) < 4.78 is 18.4. The van der Waals surface area contributed by atoms with Crippen molar-refractivity contribution in [1.29, 1.82) is 0 Å². The Kier molecular flexibility index (Phi) is 5.81. The molecule has 1 atom stereocenters. The summed E-state index contributed by atoms with van der Waals surface area (Å²) in [7, 11) is 0. The molecule has 0 saturated carbocycles. The summed E-state index contributed by atoms with van der Waals surface area (Å²) in [5, 5.41) is 15.6. The first-order valence-corrected chi connectivity index (χ1v) is 7.52. The van der Waals surface area contributed by atoms with Crippen LogP contribution >= 0.6 is 0 Å². The van der Waals surface area contributed by atoms with Gasteiger partial charge in [-0.15, -0.1) is 0 Å². The van der Waals surface area contributed by atoms with Gasteiger partial charge in [0, 0.05) is 18.4 Å². The Morgan fingerprint density at radius 3 is 2.91 bits per heavy atom. The van der Waals surface area contributed by atoms with E-state index < -0.39 is 0 Å². The third kappa shape index (κ3) is 4.59. The van der Waals surface area contributed by atoms with Crippen LogP contribution in [0.2, 0.25) is 0 Å². The fourth-order valence-corrected chi connectivity index (χ4v) is 2.05. The molecule has 124 valence electrons. The number of nitrogens with one attached hydrogen (secondary N) is 1. The van der Waals surface area contributed by atoms with Gasteiger partial charge in [-0.05, 0) is 37.1 Å². The van der Waals surface area contributed by atoms with E-state index in [4.69, 9.17) is 9.63 Å². The number of rotatable bonds is 7. The van der Waals surface area contributed by atoms with E-state index in [9.17, 15) is 9.18 Å². The van der Waals surface area contributed by atoms with Crippen molar-refractivity contribution in [3.8, 4) is 11.4 Å². The van der Waals surface area contributed by atoms with Crippen LogP contribution in [0.15, 0.2) is 22.7 Å². The molecule has 0 aliphatic rings. The highest BCUT2D eigenvalue weighted by molar-refractivity contribution is 5.76. The Labute approximate surface area is 133 Å². The van der Waals surface area contributed by atoms with Gasteiger partial charge in [0.2, 0.25) is 17.6 Å². The van der Waals surface area contributed by atoms with Crippen LogP contribution in [-0.2, 0) is 11.2 Å². The predicted octanol–water partition coefficient (Wildman–Crippen LogP) is 2.00. The second-order valence-corrected chi connectivity index (χ2v) is 5.33. The minimum Gasteiger partial charge on any atom is -0.394 e. The fourth-order valence-electron chi connectivity index (χ4n) is 2.05. The van der Waals surface area contributed by atoms with Crippen LogP contribution in [0.3, 0.4) is 0 Å². The highest BCUT2D eigenvalue weighted by atomic mass is 19.1. The molecule has 1 amide bonds. The highest BCUT2D eigenvalue weighted by Gasteiger charge is 2.13. The molecule has 2 rings (SSSR count). The largest absolute Gasteiger partial charge is 0.394 e. The smallest absolute Gasteiger partial charge is 0.227 e. The van der Waals surface area contributed by atoms with E-state index in [0.717, 1.165) is 0 Å². The standard InChI is InChI=1S/C16H20FN3O3/c1-3-12(9-21)18-14(22)6-7-15-19-16(20-23-15)11-4-5-13(17)10(2)8-11/h4-5,8,12,21H,3,6-7,9H2,1-2H3,(H,18,22). The molecular weight excluding hydrogens is 301 g/mol. The lowest BCUT2D eigenvalue weighted by Crippen LogP contribution is -2.37. The van der Waals surface area contributed by atoms with Crippen molar-refractivity contribution in [1.82, 2.24) is 15.5 Å². The van der Waals surface area contributed by atoms with Gasteiger partial charge < -0.3 is 14.9 Å². The topological polar surface area (TPSA) is 88.2 Å². The summed E-state index contributed by atoms with van der Waals surface area (Å²) in [6.07, 6.45) is 1.16. The van der Waals surface area contributed by atoms with Crippen molar-refractivity contribution in [3.63, 3.8) is 0 Å². The first-order chi connectivity index (χ1) is 11.0. The number of aryl methyl sites for hydroxylation is 2. The van der Waals surface area contributed by atoms with E-state index in [0.29, 0.717) is 35.7 Å². The van der Waals surface area contributed by atoms with Gasteiger partial charge in [0.1, 0.15) is 5.82 Å². The average Bonchev–Trinajstić information content (AvgIpc) is 3.02. The Hall–Kier alpha value is -2.28. The Bertz CT molecular complexity index is 668. The molecule has 0 saturated heterocycles. The molecule has 0 aliphatic heterocycles. The number of hydrogen-bond acceptors (Lipinski definition) is 5. The van der Waals surface area contributed by atoms with Gasteiger partial charge in [-0.3, -0.25) is 4.79 Å². The second kappa shape index (κ2) is 7.82. The summed E-state index contributed by atoms with van der Waals surface area (Å²) in [5.74, 6) is 0.242. The minimum absolute atomic E-state index is 0.0864. The van der Waals surface area contributed by atoms with Gasteiger partial charge >= 0.3 is 0 Å². The molecule has 0 aliphatic carbocycles. The molecule has 0 radical (unpaired) electrons. The van der Waals surface area contributed by atoms with Crippen molar-refractivity contribution in [2.45, 2.75) is 39.2 Å². The summed E-state index contributed by atoms with van der Waals surface area (Å²) >= 11 is 0. The van der Waals surface area contributed by atoms with E-state index >= 15 is 0 Å². The van der Waals surface area contributed by atoms with Gasteiger partial charge in [-0.1, -0.05) is 12.1 Å². The number of aliphatic hydroxyl groups is 1. The quantitative estimate of drug-likeness (QED) is 0.814. The number of nitrogens with zero attached hydrogens (tertiary/aromatic N) is 2. The van der Waals surface area contributed by atoms with Crippen molar-refractivity contribution >= 4 is 5.91 Å². The number of benzene rings is 1. The molecule has 1 aromatic heterocycles. The predicted molar refractivity (Wildman–Crippen MR) is 82.1 cm³/mol. The maximum Gasteiger partial charge on any atom is 0.227 e. The monoisotopic (exact) mass is 321 g/mol. The molecule has 2 aromatic rings. The lowest BCUT2D eigenvalue weighted by Gasteiger charge is -2.13. The van der Waals surface area contributed by atoms with E-state index in [1.54, 1.807) is 19.1 Å². The maximum atomic E-state index is 13.3. The van der Waals surface area contributed by atoms with E-state index in [1.165, 1.54) is 6.07 Å². The highest BCUT2D eigenvalue weighted by Crippen LogP contribution is 2.19. The molecule has 1 aromatic carbocycles. The van der Waals surface area contributed by atoms with Gasteiger partial charge in [0.25, 0.3) is 0 Å². The third-order valence-electron chi connectivity index (χ3n) is 3.53. The van der Waals surface area contributed by atoms with Crippen LogP contribution in [0.4, 0.5) is 4.39 Å². The van der Waals surface area contributed by atoms with Gasteiger partial charge in [-0.25, -0.2) is 4.39 Å². The zero-order valence-corrected chi connectivity index (χ0v) is 13.2. The summed E-state index contributed by atoms with van der Waals surface area (Å²) in [6, 6.07) is 4.34. The summed E-state index contributed by atoms with van der Waals surface area (Å²) in [6.45, 7) is 3.46. The van der Waals surface area contributed by atoms with Crippen LogP contribution in [0.1, 0.15) is 31.2 Å². The molecule has 6 nitrogen and oxygen atoms in total. The summed E-state index contributed by atoms with van der Waals surface area (Å²) in [4.78, 5) is 16.0. The number of halogens is 1. The normalized spacial score (nSPS) is 12.2. The number of aliphatic hydroxyl groups excluding tert-OH is 1. The first-order valence-electron chi connectivity index (χ1n) is 7.52. The van der Waals surface area contributed by atoms with Crippen LogP contribution < -0.4 is 5.32 Å². The van der Waals surface area contributed by atoms with Crippen molar-refractivity contribution in [2.75, 3.05) is 6.61 Å². The first kappa shape index (κ1) is 17.1. The molecule has 7 heteroatoms.